The predicted octanol–water partition coefficient (Wildman–Crippen LogP) is -2.54. The topological polar surface area (TPSA) is 107 Å². The van der Waals surface area contributed by atoms with Gasteiger partial charge in [0, 0.05) is 5.97 Å². The van der Waals surface area contributed by atoms with Crippen molar-refractivity contribution in [1.82, 2.24) is 0 Å². The molecule has 0 saturated carbocycles. The molecule has 0 fully saturated rings. The van der Waals surface area contributed by atoms with E-state index in [-0.39, 0.29) is 65.5 Å². The number of aliphatic carboxylic acids is 1. The number of carboxylic acid groups (broad SMARTS) is 1. The third kappa shape index (κ3) is 27.3. The van der Waals surface area contributed by atoms with Gasteiger partial charge in [-0.2, -0.15) is 0 Å². The molecule has 27 heavy (non-hydrogen) atoms. The molecule has 0 radical (unpaired) electrons. The summed E-state index contributed by atoms with van der Waals surface area (Å²) in [5.74, 6) is -1.02. The third-order valence-electron chi connectivity index (χ3n) is 4.29. The van der Waals surface area contributed by atoms with Crippen molar-refractivity contribution in [2.45, 2.75) is 109 Å². The number of hydrogen-bond donors (Lipinski definition) is 0. The van der Waals surface area contributed by atoms with Crippen LogP contribution in [0.25, 0.3) is 0 Å². The zero-order valence-corrected chi connectivity index (χ0v) is 22.4. The van der Waals surface area contributed by atoms with Crippen molar-refractivity contribution in [2.24, 2.45) is 0 Å². The van der Waals surface area contributed by atoms with Crippen molar-refractivity contribution >= 4 is 16.4 Å². The van der Waals surface area contributed by atoms with Gasteiger partial charge in [0.25, 0.3) is 0 Å². The summed E-state index contributed by atoms with van der Waals surface area (Å²) in [5.41, 5.74) is 0. The SMILES string of the molecule is CCCCCCCCCC(CCCCCCCC(=O)[O-])OS(=O)(=O)[O-].[Na+].[Na+]. The van der Waals surface area contributed by atoms with Crippen LogP contribution in [0.3, 0.4) is 0 Å². The van der Waals surface area contributed by atoms with E-state index in [0.29, 0.717) is 19.3 Å². The number of carbonyl (C=O) groups excluding carboxylic acids is 1. The Kier molecular flexibility index (Phi) is 26.9. The van der Waals surface area contributed by atoms with Gasteiger partial charge >= 0.3 is 59.1 Å². The van der Waals surface area contributed by atoms with Crippen LogP contribution >= 0.6 is 0 Å². The normalized spacial score (nSPS) is 12.1. The van der Waals surface area contributed by atoms with E-state index >= 15 is 0 Å². The van der Waals surface area contributed by atoms with Gasteiger partial charge < -0.3 is 14.5 Å². The molecule has 0 aliphatic carbocycles. The summed E-state index contributed by atoms with van der Waals surface area (Å²) >= 11 is 0. The van der Waals surface area contributed by atoms with Crippen molar-refractivity contribution in [2.75, 3.05) is 0 Å². The van der Waals surface area contributed by atoms with E-state index in [1.165, 1.54) is 25.7 Å². The molecule has 9 heteroatoms. The van der Waals surface area contributed by atoms with Crippen molar-refractivity contribution in [3.05, 3.63) is 0 Å². The summed E-state index contributed by atoms with van der Waals surface area (Å²) in [6.07, 6.45) is 12.6. The average molecular weight is 425 g/mol. The Morgan fingerprint density at radius 2 is 1.22 bits per heavy atom. The predicted molar refractivity (Wildman–Crippen MR) is 94.5 cm³/mol. The Labute approximate surface area is 210 Å². The molecule has 0 N–H and O–H groups in total. The Hall–Kier alpha value is 1.34. The standard InChI is InChI=1S/C18H36O6S.2Na/c1-2-3-4-5-6-8-11-14-17(24-25(21,22)23)15-12-9-7-10-13-16-18(19)20;;/h17H,2-16H2,1H3,(H,19,20)(H,21,22,23);;/q;2*+1/p-2. The Bertz CT molecular complexity index is 432. The van der Waals surface area contributed by atoms with Gasteiger partial charge in [0.2, 0.25) is 10.4 Å². The molecule has 0 aromatic carbocycles. The van der Waals surface area contributed by atoms with Crippen molar-refractivity contribution in [1.29, 1.82) is 0 Å². The molecule has 0 spiro atoms. The van der Waals surface area contributed by atoms with Gasteiger partial charge in [-0.05, 0) is 25.7 Å². The van der Waals surface area contributed by atoms with Crippen LogP contribution in [0.4, 0.5) is 0 Å². The van der Waals surface area contributed by atoms with Crippen LogP contribution in [0.15, 0.2) is 0 Å². The minimum Gasteiger partial charge on any atom is -0.726 e. The second-order valence-electron chi connectivity index (χ2n) is 6.71. The fraction of sp³-hybridized carbons (Fsp3) is 0.944. The van der Waals surface area contributed by atoms with Crippen LogP contribution in [-0.4, -0.2) is 25.0 Å². The quantitative estimate of drug-likeness (QED) is 0.104. The molecule has 6 nitrogen and oxygen atoms in total. The van der Waals surface area contributed by atoms with E-state index in [2.05, 4.69) is 11.1 Å². The number of hydrogen-bond acceptors (Lipinski definition) is 6. The fourth-order valence-corrected chi connectivity index (χ4v) is 3.43. The van der Waals surface area contributed by atoms with Crippen molar-refractivity contribution < 1.29 is 86.2 Å². The molecule has 0 saturated heterocycles. The second-order valence-corrected chi connectivity index (χ2v) is 7.72. The van der Waals surface area contributed by atoms with E-state index < -0.39 is 22.5 Å². The maximum Gasteiger partial charge on any atom is 1.00 e. The van der Waals surface area contributed by atoms with E-state index in [4.69, 9.17) is 0 Å². The Balaban J connectivity index is -0.00000288. The largest absolute Gasteiger partial charge is 1.00 e. The summed E-state index contributed by atoms with van der Waals surface area (Å²) in [6.45, 7) is 2.18. The molecule has 1 unspecified atom stereocenters. The molecule has 1 atom stereocenters. The van der Waals surface area contributed by atoms with E-state index in [1.54, 1.807) is 0 Å². The second kappa shape index (κ2) is 22.0. The number of carboxylic acids is 1. The zero-order valence-electron chi connectivity index (χ0n) is 17.5. The van der Waals surface area contributed by atoms with Gasteiger partial charge in [-0.3, -0.25) is 4.18 Å². The van der Waals surface area contributed by atoms with Gasteiger partial charge in [-0.25, -0.2) is 8.42 Å². The Morgan fingerprint density at radius 1 is 0.815 bits per heavy atom. The van der Waals surface area contributed by atoms with Crippen LogP contribution in [0, 0.1) is 0 Å². The van der Waals surface area contributed by atoms with Crippen molar-refractivity contribution in [3.8, 4) is 0 Å². The summed E-state index contributed by atoms with van der Waals surface area (Å²) < 4.78 is 37.2. The molecule has 0 aliphatic rings. The number of carbonyl (C=O) groups is 1. The van der Waals surface area contributed by atoms with Gasteiger partial charge in [-0.15, -0.1) is 0 Å². The first-order chi connectivity index (χ1) is 11.8. The molecular weight excluding hydrogens is 390 g/mol. The van der Waals surface area contributed by atoms with Gasteiger partial charge in [0.1, 0.15) is 0 Å². The molecule has 150 valence electrons. The number of unbranched alkanes of at least 4 members (excludes halogenated alkanes) is 10. The maximum atomic E-state index is 10.8. The summed E-state index contributed by atoms with van der Waals surface area (Å²) in [4.78, 5) is 10.3. The third-order valence-corrected chi connectivity index (χ3v) is 4.80. The first kappa shape index (κ1) is 33.0. The van der Waals surface area contributed by atoms with Crippen LogP contribution in [0.1, 0.15) is 103 Å². The van der Waals surface area contributed by atoms with Crippen LogP contribution in [0.2, 0.25) is 0 Å². The molecule has 0 aromatic heterocycles. The van der Waals surface area contributed by atoms with Crippen molar-refractivity contribution in [3.63, 3.8) is 0 Å². The van der Waals surface area contributed by atoms with Gasteiger partial charge in [0.05, 0.1) is 6.10 Å². The minimum absolute atomic E-state index is 0. The molecule has 0 heterocycles. The molecule has 0 aromatic rings. The average Bonchev–Trinajstić information content (AvgIpc) is 2.51. The fourth-order valence-electron chi connectivity index (χ4n) is 2.91. The molecule has 0 aliphatic heterocycles. The van der Waals surface area contributed by atoms with E-state index in [0.717, 1.165) is 44.9 Å². The maximum absolute atomic E-state index is 10.8. The first-order valence-electron chi connectivity index (χ1n) is 9.69. The minimum atomic E-state index is -4.66. The van der Waals surface area contributed by atoms with Gasteiger partial charge in [0.15, 0.2) is 0 Å². The smallest absolute Gasteiger partial charge is 0.726 e. The summed E-state index contributed by atoms with van der Waals surface area (Å²) in [5, 5.41) is 10.3. The number of rotatable bonds is 18. The van der Waals surface area contributed by atoms with Crippen LogP contribution in [0.5, 0.6) is 0 Å². The van der Waals surface area contributed by atoms with E-state index in [9.17, 15) is 22.9 Å². The van der Waals surface area contributed by atoms with Crippen LogP contribution < -0.4 is 64.2 Å². The Morgan fingerprint density at radius 3 is 1.63 bits per heavy atom. The summed E-state index contributed by atoms with van der Waals surface area (Å²) in [6, 6.07) is 0. The molecule has 0 rings (SSSR count). The monoisotopic (exact) mass is 424 g/mol. The van der Waals surface area contributed by atoms with Crippen LogP contribution in [-0.2, 0) is 19.4 Å². The molecule has 0 bridgehead atoms. The van der Waals surface area contributed by atoms with E-state index in [1.807, 2.05) is 0 Å². The molecule has 0 amide bonds. The van der Waals surface area contributed by atoms with Gasteiger partial charge in [-0.1, -0.05) is 77.6 Å². The first-order valence-corrected chi connectivity index (χ1v) is 11.0. The summed E-state index contributed by atoms with van der Waals surface area (Å²) in [7, 11) is -4.66. The molecular formula is C18H34Na2O6S. The zero-order chi connectivity index (χ0) is 19.0.